The van der Waals surface area contributed by atoms with Crippen molar-refractivity contribution in [3.63, 3.8) is 0 Å². The second-order valence-electron chi connectivity index (χ2n) is 5.91. The molecule has 1 heterocycles. The SMILES string of the molecule is CCn1nc(C(=O)Nc2c(C)cc(C)cc2Cl)c2ccccc2c1=O. The molecule has 6 heteroatoms. The summed E-state index contributed by atoms with van der Waals surface area (Å²) in [5.74, 6) is -0.396. The predicted octanol–water partition coefficient (Wildman–Crippen LogP) is 3.94. The van der Waals surface area contributed by atoms with Crippen LogP contribution in [0.5, 0.6) is 0 Å². The van der Waals surface area contributed by atoms with Crippen molar-refractivity contribution in [2.45, 2.75) is 27.3 Å². The molecule has 0 aliphatic carbocycles. The zero-order valence-corrected chi connectivity index (χ0v) is 15.0. The van der Waals surface area contributed by atoms with Crippen LogP contribution in [0.3, 0.4) is 0 Å². The van der Waals surface area contributed by atoms with Crippen LogP contribution >= 0.6 is 11.6 Å². The lowest BCUT2D eigenvalue weighted by Gasteiger charge is -2.13. The molecule has 0 saturated carbocycles. The Morgan fingerprint density at radius 1 is 1.20 bits per heavy atom. The summed E-state index contributed by atoms with van der Waals surface area (Å²) >= 11 is 6.28. The summed E-state index contributed by atoms with van der Waals surface area (Å²) in [6.07, 6.45) is 0. The van der Waals surface area contributed by atoms with Crippen molar-refractivity contribution in [2.75, 3.05) is 5.32 Å². The van der Waals surface area contributed by atoms with E-state index in [0.29, 0.717) is 28.0 Å². The maximum absolute atomic E-state index is 12.8. The third-order valence-corrected chi connectivity index (χ3v) is 4.35. The second-order valence-corrected chi connectivity index (χ2v) is 6.32. The largest absolute Gasteiger partial charge is 0.319 e. The van der Waals surface area contributed by atoms with E-state index in [9.17, 15) is 9.59 Å². The van der Waals surface area contributed by atoms with E-state index in [1.165, 1.54) is 4.68 Å². The molecule has 1 amide bonds. The van der Waals surface area contributed by atoms with Crippen LogP contribution in [-0.2, 0) is 6.54 Å². The summed E-state index contributed by atoms with van der Waals surface area (Å²) in [4.78, 5) is 25.2. The first-order chi connectivity index (χ1) is 11.9. The number of nitrogens with zero attached hydrogens (tertiary/aromatic N) is 2. The van der Waals surface area contributed by atoms with Crippen LogP contribution in [0.4, 0.5) is 5.69 Å². The van der Waals surface area contributed by atoms with Gasteiger partial charge in [0, 0.05) is 11.9 Å². The third-order valence-electron chi connectivity index (χ3n) is 4.05. The van der Waals surface area contributed by atoms with Gasteiger partial charge in [-0.2, -0.15) is 5.10 Å². The maximum Gasteiger partial charge on any atom is 0.276 e. The van der Waals surface area contributed by atoms with Crippen LogP contribution in [0.2, 0.25) is 5.02 Å². The molecule has 0 fully saturated rings. The van der Waals surface area contributed by atoms with Crippen LogP contribution in [-0.4, -0.2) is 15.7 Å². The predicted molar refractivity (Wildman–Crippen MR) is 101 cm³/mol. The highest BCUT2D eigenvalue weighted by Gasteiger charge is 2.18. The Labute approximate surface area is 150 Å². The molecule has 0 unspecified atom stereocenters. The summed E-state index contributed by atoms with van der Waals surface area (Å²) in [5.41, 5.74) is 2.43. The molecular formula is C19H18ClN3O2. The molecule has 0 radical (unpaired) electrons. The Morgan fingerprint density at radius 3 is 2.52 bits per heavy atom. The van der Waals surface area contributed by atoms with Gasteiger partial charge < -0.3 is 5.32 Å². The average Bonchev–Trinajstić information content (AvgIpc) is 2.58. The zero-order chi connectivity index (χ0) is 18.1. The van der Waals surface area contributed by atoms with E-state index in [-0.39, 0.29) is 11.3 Å². The highest BCUT2D eigenvalue weighted by molar-refractivity contribution is 6.34. The number of amides is 1. The van der Waals surface area contributed by atoms with Crippen molar-refractivity contribution in [3.05, 3.63) is 68.6 Å². The Kier molecular flexibility index (Phi) is 4.59. The lowest BCUT2D eigenvalue weighted by atomic mass is 10.1. The number of hydrogen-bond acceptors (Lipinski definition) is 3. The van der Waals surface area contributed by atoms with Gasteiger partial charge in [-0.1, -0.05) is 35.9 Å². The Bertz CT molecular complexity index is 1020. The van der Waals surface area contributed by atoms with E-state index in [1.54, 1.807) is 30.3 Å². The van der Waals surface area contributed by atoms with Crippen molar-refractivity contribution >= 4 is 34.0 Å². The van der Waals surface area contributed by atoms with Crippen LogP contribution in [0.25, 0.3) is 10.8 Å². The average molecular weight is 356 g/mol. The fraction of sp³-hybridized carbons (Fsp3) is 0.211. The van der Waals surface area contributed by atoms with Gasteiger partial charge in [0.2, 0.25) is 0 Å². The van der Waals surface area contributed by atoms with Gasteiger partial charge in [-0.05, 0) is 44.0 Å². The molecule has 0 bridgehead atoms. The van der Waals surface area contributed by atoms with Gasteiger partial charge in [0.1, 0.15) is 0 Å². The fourth-order valence-electron chi connectivity index (χ4n) is 2.86. The molecule has 0 spiro atoms. The molecule has 0 saturated heterocycles. The molecule has 3 aromatic rings. The molecule has 25 heavy (non-hydrogen) atoms. The number of fused-ring (bicyclic) bond motifs is 1. The lowest BCUT2D eigenvalue weighted by molar-refractivity contribution is 0.102. The smallest absolute Gasteiger partial charge is 0.276 e. The van der Waals surface area contributed by atoms with Gasteiger partial charge >= 0.3 is 0 Å². The van der Waals surface area contributed by atoms with Gasteiger partial charge in [-0.15, -0.1) is 0 Å². The van der Waals surface area contributed by atoms with Gasteiger partial charge in [-0.25, -0.2) is 4.68 Å². The monoisotopic (exact) mass is 355 g/mol. The van der Waals surface area contributed by atoms with E-state index in [1.807, 2.05) is 26.8 Å². The van der Waals surface area contributed by atoms with Crippen LogP contribution in [0.15, 0.2) is 41.2 Å². The minimum atomic E-state index is -0.396. The Morgan fingerprint density at radius 2 is 1.88 bits per heavy atom. The molecule has 2 aromatic carbocycles. The van der Waals surface area contributed by atoms with Crippen molar-refractivity contribution in [1.82, 2.24) is 9.78 Å². The number of carbonyl (C=O) groups excluding carboxylic acids is 1. The number of rotatable bonds is 3. The molecule has 1 N–H and O–H groups in total. The number of nitrogens with one attached hydrogen (secondary N) is 1. The number of hydrogen-bond donors (Lipinski definition) is 1. The summed E-state index contributed by atoms with van der Waals surface area (Å²) in [7, 11) is 0. The fourth-order valence-corrected chi connectivity index (χ4v) is 3.23. The third kappa shape index (κ3) is 3.15. The summed E-state index contributed by atoms with van der Waals surface area (Å²) in [6.45, 7) is 6.02. The van der Waals surface area contributed by atoms with Gasteiger partial charge in [0.15, 0.2) is 5.69 Å². The summed E-state index contributed by atoms with van der Waals surface area (Å²) < 4.78 is 1.29. The van der Waals surface area contributed by atoms with Crippen molar-refractivity contribution in [1.29, 1.82) is 0 Å². The number of carbonyl (C=O) groups is 1. The van der Waals surface area contributed by atoms with E-state index in [2.05, 4.69) is 10.4 Å². The number of aromatic nitrogens is 2. The van der Waals surface area contributed by atoms with Crippen LogP contribution < -0.4 is 10.9 Å². The lowest BCUT2D eigenvalue weighted by Crippen LogP contribution is -2.27. The molecule has 0 aliphatic heterocycles. The minimum absolute atomic E-state index is 0.202. The molecule has 0 aliphatic rings. The van der Waals surface area contributed by atoms with Gasteiger partial charge in [0.25, 0.3) is 11.5 Å². The number of aryl methyl sites for hydroxylation is 3. The van der Waals surface area contributed by atoms with E-state index in [4.69, 9.17) is 11.6 Å². The van der Waals surface area contributed by atoms with Crippen LogP contribution in [0, 0.1) is 13.8 Å². The Hall–Kier alpha value is -2.66. The molecule has 0 atom stereocenters. The number of benzene rings is 2. The first kappa shape index (κ1) is 17.2. The zero-order valence-electron chi connectivity index (χ0n) is 14.3. The van der Waals surface area contributed by atoms with Crippen molar-refractivity contribution in [3.8, 4) is 0 Å². The standard InChI is InChI=1S/C19H18ClN3O2/c1-4-23-19(25)14-8-6-5-7-13(14)17(22-23)18(24)21-16-12(3)9-11(2)10-15(16)20/h5-10H,4H2,1-3H3,(H,21,24). The van der Waals surface area contributed by atoms with Crippen molar-refractivity contribution in [2.24, 2.45) is 0 Å². The number of anilines is 1. The molecule has 1 aromatic heterocycles. The Balaban J connectivity index is 2.12. The van der Waals surface area contributed by atoms with Crippen molar-refractivity contribution < 1.29 is 4.79 Å². The normalized spacial score (nSPS) is 10.9. The first-order valence-electron chi connectivity index (χ1n) is 8.00. The van der Waals surface area contributed by atoms with Crippen LogP contribution in [0.1, 0.15) is 28.5 Å². The van der Waals surface area contributed by atoms with E-state index < -0.39 is 5.91 Å². The first-order valence-corrected chi connectivity index (χ1v) is 8.38. The summed E-state index contributed by atoms with van der Waals surface area (Å²) in [6, 6.07) is 10.7. The highest BCUT2D eigenvalue weighted by Crippen LogP contribution is 2.28. The van der Waals surface area contributed by atoms with E-state index >= 15 is 0 Å². The maximum atomic E-state index is 12.8. The van der Waals surface area contributed by atoms with Gasteiger partial charge in [0.05, 0.1) is 16.1 Å². The minimum Gasteiger partial charge on any atom is -0.319 e. The molecular weight excluding hydrogens is 338 g/mol. The summed E-state index contributed by atoms with van der Waals surface area (Å²) in [5, 5.41) is 8.54. The highest BCUT2D eigenvalue weighted by atomic mass is 35.5. The topological polar surface area (TPSA) is 64.0 Å². The van der Waals surface area contributed by atoms with E-state index in [0.717, 1.165) is 11.1 Å². The second kappa shape index (κ2) is 6.69. The molecule has 128 valence electrons. The number of halogens is 1. The van der Waals surface area contributed by atoms with Gasteiger partial charge in [-0.3, -0.25) is 9.59 Å². The molecule has 3 rings (SSSR count). The quantitative estimate of drug-likeness (QED) is 0.774. The molecule has 5 nitrogen and oxygen atoms in total.